The molecule has 0 fully saturated rings. The zero-order valence-electron chi connectivity index (χ0n) is 12.3. The van der Waals surface area contributed by atoms with Gasteiger partial charge < -0.3 is 5.11 Å². The van der Waals surface area contributed by atoms with Crippen LogP contribution >= 0.6 is 0 Å². The monoisotopic (exact) mass is 317 g/mol. The van der Waals surface area contributed by atoms with E-state index in [-0.39, 0.29) is 18.7 Å². The number of benzene rings is 1. The van der Waals surface area contributed by atoms with Crippen molar-refractivity contribution in [1.82, 2.24) is 4.31 Å². The summed E-state index contributed by atoms with van der Waals surface area (Å²) in [7, 11) is -3.69. The van der Waals surface area contributed by atoms with Gasteiger partial charge in [0, 0.05) is 12.1 Å². The van der Waals surface area contributed by atoms with Crippen LogP contribution in [0.1, 0.15) is 32.8 Å². The van der Waals surface area contributed by atoms with Crippen LogP contribution in [-0.2, 0) is 20.6 Å². The van der Waals surface area contributed by atoms with Crippen LogP contribution in [0, 0.1) is 5.82 Å². The molecular weight excluding hydrogens is 297 g/mol. The molecule has 0 aliphatic carbocycles. The lowest BCUT2D eigenvalue weighted by Gasteiger charge is -2.34. The summed E-state index contributed by atoms with van der Waals surface area (Å²) in [5, 5.41) is 8.75. The van der Waals surface area contributed by atoms with Gasteiger partial charge in [0.05, 0.1) is 12.2 Å². The van der Waals surface area contributed by atoms with E-state index in [2.05, 4.69) is 0 Å². The van der Waals surface area contributed by atoms with Crippen LogP contribution in [0.5, 0.6) is 0 Å². The first kappa shape index (κ1) is 17.6. The molecule has 0 heterocycles. The molecule has 1 N–H and O–H groups in total. The van der Waals surface area contributed by atoms with Gasteiger partial charge in [-0.1, -0.05) is 12.1 Å². The molecule has 1 aromatic rings. The first-order valence-corrected chi connectivity index (χ1v) is 8.10. The molecule has 0 radical (unpaired) electrons. The molecule has 7 heteroatoms. The molecule has 0 atom stereocenters. The fourth-order valence-corrected chi connectivity index (χ4v) is 3.93. The molecule has 0 amide bonds. The Balaban J connectivity index is 2.98. The molecule has 0 spiro atoms. The maximum atomic E-state index is 12.9. The number of hydrogen-bond acceptors (Lipinski definition) is 3. The molecule has 21 heavy (non-hydrogen) atoms. The smallest absolute Gasteiger partial charge is 0.304 e. The van der Waals surface area contributed by atoms with Gasteiger partial charge in [-0.25, -0.2) is 12.8 Å². The van der Waals surface area contributed by atoms with Gasteiger partial charge in [0.15, 0.2) is 0 Å². The summed E-state index contributed by atoms with van der Waals surface area (Å²) in [6.07, 6.45) is -0.264. The topological polar surface area (TPSA) is 74.7 Å². The quantitative estimate of drug-likeness (QED) is 0.873. The number of hydrogen-bond donors (Lipinski definition) is 1. The van der Waals surface area contributed by atoms with Gasteiger partial charge >= 0.3 is 5.97 Å². The summed E-state index contributed by atoms with van der Waals surface area (Å²) in [4.78, 5) is 10.7. The third-order valence-corrected chi connectivity index (χ3v) is 4.98. The second-order valence-electron chi connectivity index (χ2n) is 5.77. The lowest BCUT2D eigenvalue weighted by Crippen LogP contribution is -2.47. The van der Waals surface area contributed by atoms with Gasteiger partial charge in [0.1, 0.15) is 5.82 Å². The Hall–Kier alpha value is -1.47. The van der Waals surface area contributed by atoms with Crippen LogP contribution < -0.4 is 0 Å². The molecule has 0 aliphatic rings. The molecule has 5 nitrogen and oxygen atoms in total. The van der Waals surface area contributed by atoms with Gasteiger partial charge in [-0.3, -0.25) is 4.79 Å². The first-order valence-electron chi connectivity index (χ1n) is 6.49. The van der Waals surface area contributed by atoms with Crippen molar-refractivity contribution >= 4 is 16.0 Å². The second kappa shape index (κ2) is 6.53. The minimum Gasteiger partial charge on any atom is -0.481 e. The van der Waals surface area contributed by atoms with E-state index >= 15 is 0 Å². The predicted molar refractivity (Wildman–Crippen MR) is 77.7 cm³/mol. The fourth-order valence-electron chi connectivity index (χ4n) is 1.96. The van der Waals surface area contributed by atoms with Crippen molar-refractivity contribution in [3.05, 3.63) is 35.6 Å². The summed E-state index contributed by atoms with van der Waals surface area (Å²) in [6, 6.07) is 5.21. The van der Waals surface area contributed by atoms with Gasteiger partial charge in [0.25, 0.3) is 0 Å². The maximum absolute atomic E-state index is 12.9. The molecule has 118 valence electrons. The second-order valence-corrected chi connectivity index (χ2v) is 7.66. The zero-order valence-corrected chi connectivity index (χ0v) is 13.2. The molecule has 0 aromatic heterocycles. The standard InChI is InChI=1S/C14H20FNO4S/c1-14(2,3)16(9-8-13(17)18)21(19,20)10-11-4-6-12(15)7-5-11/h4-7H,8-10H2,1-3H3,(H,17,18). The summed E-state index contributed by atoms with van der Waals surface area (Å²) in [5.41, 5.74) is -0.269. The molecule has 1 rings (SSSR count). The van der Waals surface area contributed by atoms with Crippen molar-refractivity contribution < 1.29 is 22.7 Å². The normalized spacial score (nSPS) is 12.6. The van der Waals surface area contributed by atoms with Crippen LogP contribution in [0.2, 0.25) is 0 Å². The van der Waals surface area contributed by atoms with E-state index in [0.29, 0.717) is 5.56 Å². The molecule has 0 saturated heterocycles. The minimum absolute atomic E-state index is 0.0949. The number of carboxylic acids is 1. The van der Waals surface area contributed by atoms with Gasteiger partial charge in [-0.2, -0.15) is 4.31 Å². The Morgan fingerprint density at radius 3 is 2.19 bits per heavy atom. The third kappa shape index (κ3) is 5.43. The Morgan fingerprint density at radius 1 is 1.24 bits per heavy atom. The molecule has 0 bridgehead atoms. The Labute approximate surface area is 124 Å². The summed E-state index contributed by atoms with van der Waals surface area (Å²) >= 11 is 0. The highest BCUT2D eigenvalue weighted by Gasteiger charge is 2.32. The van der Waals surface area contributed by atoms with Crippen molar-refractivity contribution in [1.29, 1.82) is 0 Å². The highest BCUT2D eigenvalue weighted by Crippen LogP contribution is 2.22. The van der Waals surface area contributed by atoms with E-state index in [0.717, 1.165) is 0 Å². The summed E-state index contributed by atoms with van der Waals surface area (Å²) in [6.45, 7) is 5.02. The van der Waals surface area contributed by atoms with Crippen molar-refractivity contribution in [3.63, 3.8) is 0 Å². The molecule has 1 aromatic carbocycles. The lowest BCUT2D eigenvalue weighted by molar-refractivity contribution is -0.137. The lowest BCUT2D eigenvalue weighted by atomic mass is 10.1. The van der Waals surface area contributed by atoms with Crippen LogP contribution in [-0.4, -0.2) is 35.9 Å². The number of halogens is 1. The molecule has 0 saturated carbocycles. The highest BCUT2D eigenvalue weighted by molar-refractivity contribution is 7.88. The number of sulfonamides is 1. The van der Waals surface area contributed by atoms with E-state index in [9.17, 15) is 17.6 Å². The number of rotatable bonds is 6. The minimum atomic E-state index is -3.69. The van der Waals surface area contributed by atoms with Crippen LogP contribution in [0.25, 0.3) is 0 Å². The summed E-state index contributed by atoms with van der Waals surface area (Å²) in [5.74, 6) is -1.78. The maximum Gasteiger partial charge on any atom is 0.304 e. The average Bonchev–Trinajstić information content (AvgIpc) is 2.29. The predicted octanol–water partition coefficient (Wildman–Crippen LogP) is 2.23. The van der Waals surface area contributed by atoms with Crippen LogP contribution in [0.4, 0.5) is 4.39 Å². The van der Waals surface area contributed by atoms with Crippen molar-refractivity contribution in [3.8, 4) is 0 Å². The summed E-state index contributed by atoms with van der Waals surface area (Å²) < 4.78 is 39.0. The first-order chi connectivity index (χ1) is 9.52. The number of nitrogens with zero attached hydrogens (tertiary/aromatic N) is 1. The van der Waals surface area contributed by atoms with Gasteiger partial charge in [0.2, 0.25) is 10.0 Å². The zero-order chi connectivity index (χ0) is 16.3. The van der Waals surface area contributed by atoms with Gasteiger partial charge in [-0.15, -0.1) is 0 Å². The third-order valence-electron chi connectivity index (χ3n) is 2.88. The molecule has 0 aliphatic heterocycles. The van der Waals surface area contributed by atoms with Crippen molar-refractivity contribution in [2.24, 2.45) is 0 Å². The number of carboxylic acid groups (broad SMARTS) is 1. The van der Waals surface area contributed by atoms with Crippen LogP contribution in [0.15, 0.2) is 24.3 Å². The Morgan fingerprint density at radius 2 is 1.76 bits per heavy atom. The largest absolute Gasteiger partial charge is 0.481 e. The van der Waals surface area contributed by atoms with E-state index in [4.69, 9.17) is 5.11 Å². The SMILES string of the molecule is CC(C)(C)N(CCC(=O)O)S(=O)(=O)Cc1ccc(F)cc1. The van der Waals surface area contributed by atoms with E-state index in [1.807, 2.05) is 0 Å². The Bertz CT molecular complexity index is 590. The number of carbonyl (C=O) groups is 1. The van der Waals surface area contributed by atoms with E-state index in [1.54, 1.807) is 20.8 Å². The van der Waals surface area contributed by atoms with Gasteiger partial charge in [-0.05, 0) is 38.5 Å². The highest BCUT2D eigenvalue weighted by atomic mass is 32.2. The fraction of sp³-hybridized carbons (Fsp3) is 0.500. The van der Waals surface area contributed by atoms with Crippen molar-refractivity contribution in [2.45, 2.75) is 38.5 Å². The molecular formula is C14H20FNO4S. The Kier molecular flexibility index (Phi) is 5.47. The average molecular weight is 317 g/mol. The number of aliphatic carboxylic acids is 1. The van der Waals surface area contributed by atoms with Crippen LogP contribution in [0.3, 0.4) is 0 Å². The molecule has 0 unspecified atom stereocenters. The van der Waals surface area contributed by atoms with E-state index < -0.39 is 27.3 Å². The van der Waals surface area contributed by atoms with E-state index in [1.165, 1.54) is 28.6 Å². The van der Waals surface area contributed by atoms with Crippen molar-refractivity contribution in [2.75, 3.05) is 6.54 Å².